The van der Waals surface area contributed by atoms with Crippen LogP contribution in [0, 0.1) is 12.8 Å². The first-order chi connectivity index (χ1) is 22.3. The number of fused-ring (bicyclic) bond motifs is 1. The summed E-state index contributed by atoms with van der Waals surface area (Å²) in [6.07, 6.45) is 10.8. The second kappa shape index (κ2) is 12.9. The summed E-state index contributed by atoms with van der Waals surface area (Å²) in [6.45, 7) is 6.48. The molecule has 4 aromatic rings. The minimum Gasteiger partial charge on any atom is -0.390 e. The van der Waals surface area contributed by atoms with Crippen LogP contribution in [0.4, 0.5) is 5.82 Å². The highest BCUT2D eigenvalue weighted by atomic mass is 16.5. The normalized spacial score (nSPS) is 25.0. The van der Waals surface area contributed by atoms with E-state index in [9.17, 15) is 14.7 Å². The Labute approximate surface area is 267 Å². The molecule has 0 bridgehead atoms. The van der Waals surface area contributed by atoms with Gasteiger partial charge in [-0.1, -0.05) is 0 Å². The van der Waals surface area contributed by atoms with E-state index >= 15 is 0 Å². The lowest BCUT2D eigenvalue weighted by Crippen LogP contribution is -2.60. The molecule has 240 valence electrons. The SMILES string of the molecule is Cc1cc(C(=O)N2CCN(C3CC(C(=O)Nc4cc5cc(-c6cnc(CO[C@H]7CCC[C@@H]7O)nc6)ccn5n4)C3)C(C)C2)ccn1. The van der Waals surface area contributed by atoms with Crippen molar-refractivity contribution < 1.29 is 19.4 Å². The van der Waals surface area contributed by atoms with E-state index in [1.165, 1.54) is 0 Å². The largest absolute Gasteiger partial charge is 0.390 e. The van der Waals surface area contributed by atoms with Crippen LogP contribution in [0.25, 0.3) is 16.6 Å². The summed E-state index contributed by atoms with van der Waals surface area (Å²) < 4.78 is 7.54. The minimum atomic E-state index is -0.403. The van der Waals surface area contributed by atoms with Gasteiger partial charge in [0.1, 0.15) is 6.61 Å². The van der Waals surface area contributed by atoms with Crippen LogP contribution in [-0.2, 0) is 16.1 Å². The zero-order chi connectivity index (χ0) is 31.8. The molecule has 12 heteroatoms. The Balaban J connectivity index is 0.902. The predicted octanol–water partition coefficient (Wildman–Crippen LogP) is 3.49. The molecule has 2 amide bonds. The summed E-state index contributed by atoms with van der Waals surface area (Å²) in [5.41, 5.74) is 4.18. The maximum absolute atomic E-state index is 13.1. The Bertz CT molecular complexity index is 1720. The number of pyridine rings is 2. The number of nitrogens with one attached hydrogen (secondary N) is 1. The zero-order valence-corrected chi connectivity index (χ0v) is 26.2. The van der Waals surface area contributed by atoms with Gasteiger partial charge in [0.15, 0.2) is 11.6 Å². The molecule has 1 unspecified atom stereocenters. The van der Waals surface area contributed by atoms with E-state index in [1.54, 1.807) is 29.2 Å². The monoisotopic (exact) mass is 624 g/mol. The van der Waals surface area contributed by atoms with Gasteiger partial charge >= 0.3 is 0 Å². The number of aliphatic hydroxyl groups excluding tert-OH is 1. The number of anilines is 1. The van der Waals surface area contributed by atoms with Gasteiger partial charge in [-0.05, 0) is 75.8 Å². The van der Waals surface area contributed by atoms with E-state index in [-0.39, 0.29) is 36.5 Å². The molecule has 2 aliphatic carbocycles. The average Bonchev–Trinajstić information content (AvgIpc) is 3.64. The number of nitrogens with zero attached hydrogens (tertiary/aromatic N) is 7. The van der Waals surface area contributed by atoms with Crippen molar-refractivity contribution in [1.82, 2.24) is 34.4 Å². The Kier molecular flexibility index (Phi) is 8.50. The summed E-state index contributed by atoms with van der Waals surface area (Å²) in [5, 5.41) is 17.5. The fourth-order valence-corrected chi connectivity index (χ4v) is 6.96. The molecule has 0 radical (unpaired) electrons. The van der Waals surface area contributed by atoms with Crippen molar-refractivity contribution in [2.45, 2.75) is 76.9 Å². The quantitative estimate of drug-likeness (QED) is 0.302. The molecule has 1 aliphatic heterocycles. The Morgan fingerprint density at radius 3 is 2.61 bits per heavy atom. The number of aliphatic hydroxyl groups is 1. The topological polar surface area (TPSA) is 138 Å². The van der Waals surface area contributed by atoms with E-state index < -0.39 is 6.10 Å². The molecule has 3 aliphatic rings. The Morgan fingerprint density at radius 2 is 1.87 bits per heavy atom. The maximum Gasteiger partial charge on any atom is 0.254 e. The first-order valence-electron chi connectivity index (χ1n) is 16.2. The minimum absolute atomic E-state index is 0.00858. The van der Waals surface area contributed by atoms with Crippen LogP contribution in [0.1, 0.15) is 60.9 Å². The number of aromatic nitrogens is 5. The van der Waals surface area contributed by atoms with E-state index in [0.717, 1.165) is 61.0 Å². The Morgan fingerprint density at radius 1 is 1.04 bits per heavy atom. The fraction of sp³-hybridized carbons (Fsp3) is 0.471. The van der Waals surface area contributed by atoms with E-state index in [1.807, 2.05) is 42.3 Å². The Hall–Kier alpha value is -4.26. The van der Waals surface area contributed by atoms with Crippen molar-refractivity contribution in [3.8, 4) is 11.1 Å². The van der Waals surface area contributed by atoms with Gasteiger partial charge in [-0.25, -0.2) is 14.5 Å². The number of carbonyl (C=O) groups excluding carboxylic acids is 2. The smallest absolute Gasteiger partial charge is 0.254 e. The molecule has 0 spiro atoms. The van der Waals surface area contributed by atoms with Gasteiger partial charge in [-0.15, -0.1) is 0 Å². The predicted molar refractivity (Wildman–Crippen MR) is 171 cm³/mol. The average molecular weight is 625 g/mol. The van der Waals surface area contributed by atoms with E-state index in [2.05, 4.69) is 37.2 Å². The summed E-state index contributed by atoms with van der Waals surface area (Å²) >= 11 is 0. The second-order valence-corrected chi connectivity index (χ2v) is 12.9. The van der Waals surface area contributed by atoms with Crippen molar-refractivity contribution in [3.05, 3.63) is 72.2 Å². The van der Waals surface area contributed by atoms with Crippen LogP contribution in [0.5, 0.6) is 0 Å². The van der Waals surface area contributed by atoms with E-state index in [0.29, 0.717) is 36.3 Å². The molecule has 1 saturated heterocycles. The molecule has 46 heavy (non-hydrogen) atoms. The maximum atomic E-state index is 13.1. The van der Waals surface area contributed by atoms with Gasteiger partial charge in [0.2, 0.25) is 5.91 Å². The van der Waals surface area contributed by atoms with Crippen molar-refractivity contribution in [1.29, 1.82) is 0 Å². The molecule has 0 aromatic carbocycles. The number of piperazine rings is 1. The van der Waals surface area contributed by atoms with Gasteiger partial charge < -0.3 is 20.1 Å². The molecule has 2 saturated carbocycles. The number of hydrogen-bond acceptors (Lipinski definition) is 9. The lowest BCUT2D eigenvalue weighted by Gasteiger charge is -2.49. The summed E-state index contributed by atoms with van der Waals surface area (Å²) in [7, 11) is 0. The highest BCUT2D eigenvalue weighted by molar-refractivity contribution is 5.94. The summed E-state index contributed by atoms with van der Waals surface area (Å²) in [6, 6.07) is 9.99. The molecular formula is C34H40N8O4. The zero-order valence-electron chi connectivity index (χ0n) is 26.2. The lowest BCUT2D eigenvalue weighted by atomic mass is 9.78. The lowest BCUT2D eigenvalue weighted by molar-refractivity contribution is -0.125. The molecule has 7 rings (SSSR count). The van der Waals surface area contributed by atoms with Crippen molar-refractivity contribution in [2.75, 3.05) is 25.0 Å². The number of aryl methyl sites for hydroxylation is 1. The third kappa shape index (κ3) is 6.37. The van der Waals surface area contributed by atoms with Gasteiger partial charge in [-0.3, -0.25) is 19.5 Å². The van der Waals surface area contributed by atoms with Gasteiger partial charge in [0, 0.05) is 85.3 Å². The van der Waals surface area contributed by atoms with Gasteiger partial charge in [0.05, 0.1) is 17.7 Å². The standard InChI is InChI=1S/C34H40N8O4/c1-21-12-24(6-8-35-21)34(45)40-10-11-41(22(2)19-40)27-14-25(15-27)33(44)38-31-16-28-13-23(7-9-42(28)39-31)26-17-36-32(37-18-26)20-46-30-5-3-4-29(30)43/h6-9,12-13,16-18,22,25,27,29-30,43H,3-5,10-11,14-15,19-20H2,1-2H3,(H,38,39,44)/t22?,25?,27?,29-,30-/m0/s1. The number of amides is 2. The number of hydrogen-bond donors (Lipinski definition) is 2. The van der Waals surface area contributed by atoms with Crippen LogP contribution in [0.2, 0.25) is 0 Å². The fourth-order valence-electron chi connectivity index (χ4n) is 6.96. The van der Waals surface area contributed by atoms with Crippen molar-refractivity contribution in [3.63, 3.8) is 0 Å². The van der Waals surface area contributed by atoms with Crippen LogP contribution < -0.4 is 5.32 Å². The molecule has 5 heterocycles. The van der Waals surface area contributed by atoms with Crippen LogP contribution in [0.15, 0.2) is 55.1 Å². The molecule has 12 nitrogen and oxygen atoms in total. The highest BCUT2D eigenvalue weighted by Crippen LogP contribution is 2.35. The number of ether oxygens (including phenoxy) is 1. The molecule has 4 aromatic heterocycles. The second-order valence-electron chi connectivity index (χ2n) is 12.9. The van der Waals surface area contributed by atoms with Crippen LogP contribution in [-0.4, -0.2) is 95.2 Å². The summed E-state index contributed by atoms with van der Waals surface area (Å²) in [4.78, 5) is 43.6. The van der Waals surface area contributed by atoms with Crippen LogP contribution in [0.3, 0.4) is 0 Å². The van der Waals surface area contributed by atoms with Crippen molar-refractivity contribution >= 4 is 23.1 Å². The third-order valence-corrected chi connectivity index (χ3v) is 9.66. The number of carbonyl (C=O) groups is 2. The molecule has 3 fully saturated rings. The van der Waals surface area contributed by atoms with Gasteiger partial charge in [0.25, 0.3) is 5.91 Å². The first-order valence-corrected chi connectivity index (χ1v) is 16.2. The first kappa shape index (κ1) is 30.4. The summed E-state index contributed by atoms with van der Waals surface area (Å²) in [5.74, 6) is 1.09. The highest BCUT2D eigenvalue weighted by Gasteiger charge is 2.41. The molecule has 2 N–H and O–H groups in total. The van der Waals surface area contributed by atoms with Crippen molar-refractivity contribution in [2.24, 2.45) is 5.92 Å². The number of rotatable bonds is 8. The van der Waals surface area contributed by atoms with Gasteiger partial charge in [-0.2, -0.15) is 5.10 Å². The van der Waals surface area contributed by atoms with E-state index in [4.69, 9.17) is 4.74 Å². The molecular weight excluding hydrogens is 584 g/mol. The third-order valence-electron chi connectivity index (χ3n) is 9.66. The van der Waals surface area contributed by atoms with Crippen LogP contribution >= 0.6 is 0 Å². The molecule has 3 atom stereocenters.